The maximum absolute atomic E-state index is 12.1. The Morgan fingerprint density at radius 2 is 2.16 bits per heavy atom. The van der Waals surface area contributed by atoms with Gasteiger partial charge in [-0.3, -0.25) is 9.48 Å². The molecule has 0 saturated heterocycles. The molecule has 9 heteroatoms. The molecule has 0 fully saturated rings. The van der Waals surface area contributed by atoms with Crippen LogP contribution in [0.25, 0.3) is 0 Å². The first-order valence-corrected chi connectivity index (χ1v) is 10.1. The Morgan fingerprint density at radius 3 is 2.84 bits per heavy atom. The molecule has 0 bridgehead atoms. The van der Waals surface area contributed by atoms with Gasteiger partial charge in [-0.15, -0.1) is 0 Å². The van der Waals surface area contributed by atoms with Crippen molar-refractivity contribution in [3.05, 3.63) is 47.2 Å². The number of amides is 1. The maximum Gasteiger partial charge on any atom is 0.240 e. The van der Waals surface area contributed by atoms with Crippen LogP contribution in [0.5, 0.6) is 0 Å². The Bertz CT molecular complexity index is 793. The normalized spacial score (nSPS) is 12.7. The number of hydrogen-bond acceptors (Lipinski definition) is 4. The molecule has 1 unspecified atom stereocenters. The lowest BCUT2D eigenvalue weighted by atomic mass is 10.2. The number of nitrogens with one attached hydrogen (secondary N) is 2. The fraction of sp³-hybridized carbons (Fsp3) is 0.375. The molecule has 2 aromatic rings. The Labute approximate surface area is 156 Å². The molecule has 25 heavy (non-hydrogen) atoms. The van der Waals surface area contributed by atoms with Crippen LogP contribution in [0.3, 0.4) is 0 Å². The molecular weight excluding hydrogens is 408 g/mol. The molecule has 2 rings (SSSR count). The molecule has 2 N–H and O–H groups in total. The number of benzene rings is 1. The number of hydrogen-bond donors (Lipinski definition) is 2. The summed E-state index contributed by atoms with van der Waals surface area (Å²) in [7, 11) is -3.62. The fourth-order valence-electron chi connectivity index (χ4n) is 2.19. The zero-order chi connectivity index (χ0) is 18.3. The van der Waals surface area contributed by atoms with Gasteiger partial charge in [0.2, 0.25) is 15.9 Å². The molecule has 0 radical (unpaired) electrons. The molecule has 0 aliphatic carbocycles. The van der Waals surface area contributed by atoms with Crippen molar-refractivity contribution in [1.29, 1.82) is 0 Å². The molecule has 1 amide bonds. The van der Waals surface area contributed by atoms with E-state index in [9.17, 15) is 13.2 Å². The van der Waals surface area contributed by atoms with Crippen LogP contribution in [0.4, 0.5) is 0 Å². The van der Waals surface area contributed by atoms with Crippen LogP contribution >= 0.6 is 15.9 Å². The SMILES string of the molecule is CC(CNC(=O)CCNS(=O)(=O)c1cccc(Br)c1)Cn1cccn1. The predicted molar refractivity (Wildman–Crippen MR) is 98.3 cm³/mol. The van der Waals surface area contributed by atoms with Gasteiger partial charge in [0.05, 0.1) is 4.90 Å². The average molecular weight is 429 g/mol. The van der Waals surface area contributed by atoms with Crippen LogP contribution in [0, 0.1) is 5.92 Å². The summed E-state index contributed by atoms with van der Waals surface area (Å²) in [5.74, 6) is 0.0338. The Balaban J connectivity index is 1.71. The van der Waals surface area contributed by atoms with E-state index in [1.807, 2.05) is 23.9 Å². The van der Waals surface area contributed by atoms with E-state index in [2.05, 4.69) is 31.1 Å². The summed E-state index contributed by atoms with van der Waals surface area (Å²) in [5.41, 5.74) is 0. The van der Waals surface area contributed by atoms with Crippen molar-refractivity contribution in [3.63, 3.8) is 0 Å². The van der Waals surface area contributed by atoms with Crippen LogP contribution in [0.2, 0.25) is 0 Å². The van der Waals surface area contributed by atoms with Crippen molar-refractivity contribution >= 4 is 31.9 Å². The minimum absolute atomic E-state index is 0.0498. The zero-order valence-corrected chi connectivity index (χ0v) is 16.3. The largest absolute Gasteiger partial charge is 0.356 e. The highest BCUT2D eigenvalue weighted by Crippen LogP contribution is 2.15. The highest BCUT2D eigenvalue weighted by atomic mass is 79.9. The molecule has 0 aliphatic heterocycles. The number of rotatable bonds is 9. The fourth-order valence-corrected chi connectivity index (χ4v) is 3.81. The Hall–Kier alpha value is -1.71. The number of carbonyl (C=O) groups is 1. The second-order valence-corrected chi connectivity index (χ2v) is 8.43. The number of halogens is 1. The minimum atomic E-state index is -3.62. The van der Waals surface area contributed by atoms with Gasteiger partial charge in [-0.05, 0) is 30.2 Å². The second-order valence-electron chi connectivity index (χ2n) is 5.74. The van der Waals surface area contributed by atoms with Gasteiger partial charge in [-0.25, -0.2) is 13.1 Å². The molecule has 136 valence electrons. The highest BCUT2D eigenvalue weighted by Gasteiger charge is 2.14. The van der Waals surface area contributed by atoms with Crippen molar-refractivity contribution in [2.45, 2.75) is 24.8 Å². The summed E-state index contributed by atoms with van der Waals surface area (Å²) in [6, 6.07) is 8.26. The molecular formula is C16H21BrN4O3S. The summed E-state index contributed by atoms with van der Waals surface area (Å²) in [6.07, 6.45) is 3.67. The number of nitrogens with zero attached hydrogens (tertiary/aromatic N) is 2. The van der Waals surface area contributed by atoms with Crippen LogP contribution in [-0.4, -0.2) is 37.2 Å². The van der Waals surface area contributed by atoms with E-state index in [-0.39, 0.29) is 29.7 Å². The van der Waals surface area contributed by atoms with E-state index in [1.54, 1.807) is 18.3 Å². The summed E-state index contributed by atoms with van der Waals surface area (Å²) < 4.78 is 29.2. The van der Waals surface area contributed by atoms with Crippen LogP contribution in [0.1, 0.15) is 13.3 Å². The van der Waals surface area contributed by atoms with E-state index in [0.29, 0.717) is 17.6 Å². The summed E-state index contributed by atoms with van der Waals surface area (Å²) in [6.45, 7) is 3.28. The molecule has 7 nitrogen and oxygen atoms in total. The second kappa shape index (κ2) is 9.12. The van der Waals surface area contributed by atoms with E-state index >= 15 is 0 Å². The number of carbonyl (C=O) groups excluding carboxylic acids is 1. The number of sulfonamides is 1. The Morgan fingerprint density at radius 1 is 1.36 bits per heavy atom. The van der Waals surface area contributed by atoms with Gasteiger partial charge in [-0.1, -0.05) is 28.9 Å². The van der Waals surface area contributed by atoms with Crippen LogP contribution in [0.15, 0.2) is 52.1 Å². The van der Waals surface area contributed by atoms with Gasteiger partial charge in [0.25, 0.3) is 0 Å². The van der Waals surface area contributed by atoms with Gasteiger partial charge in [-0.2, -0.15) is 5.10 Å². The lowest BCUT2D eigenvalue weighted by Gasteiger charge is -2.13. The molecule has 0 saturated carbocycles. The monoisotopic (exact) mass is 428 g/mol. The topological polar surface area (TPSA) is 93.1 Å². The molecule has 0 aliphatic rings. The Kier molecular flexibility index (Phi) is 7.15. The lowest BCUT2D eigenvalue weighted by molar-refractivity contribution is -0.121. The molecule has 1 aromatic carbocycles. The summed E-state index contributed by atoms with van der Waals surface area (Å²) in [4.78, 5) is 12.0. The van der Waals surface area contributed by atoms with E-state index in [1.165, 1.54) is 12.1 Å². The quantitative estimate of drug-likeness (QED) is 0.636. The predicted octanol–water partition coefficient (Wildman–Crippen LogP) is 1.77. The first-order valence-electron chi connectivity index (χ1n) is 7.86. The van der Waals surface area contributed by atoms with Gasteiger partial charge in [0.15, 0.2) is 0 Å². The average Bonchev–Trinajstić information content (AvgIpc) is 3.06. The van der Waals surface area contributed by atoms with Gasteiger partial charge >= 0.3 is 0 Å². The first-order chi connectivity index (χ1) is 11.9. The first kappa shape index (κ1) is 19.6. The van der Waals surface area contributed by atoms with Gasteiger partial charge in [0, 0.05) is 42.9 Å². The molecule has 0 spiro atoms. The summed E-state index contributed by atoms with van der Waals surface area (Å²) >= 11 is 3.24. The maximum atomic E-state index is 12.1. The minimum Gasteiger partial charge on any atom is -0.356 e. The van der Waals surface area contributed by atoms with E-state index < -0.39 is 10.0 Å². The lowest BCUT2D eigenvalue weighted by Crippen LogP contribution is -2.33. The van der Waals surface area contributed by atoms with Gasteiger partial charge in [0.1, 0.15) is 0 Å². The molecule has 1 atom stereocenters. The zero-order valence-electron chi connectivity index (χ0n) is 13.9. The molecule has 1 heterocycles. The highest BCUT2D eigenvalue weighted by molar-refractivity contribution is 9.10. The van der Waals surface area contributed by atoms with Crippen LogP contribution in [-0.2, 0) is 21.4 Å². The van der Waals surface area contributed by atoms with Crippen LogP contribution < -0.4 is 10.0 Å². The standard InChI is InChI=1S/C16H21BrN4O3S/c1-13(12-21-9-3-7-19-21)11-18-16(22)6-8-20-25(23,24)15-5-2-4-14(17)10-15/h2-5,7,9-10,13,20H,6,8,11-12H2,1H3,(H,18,22). The summed E-state index contributed by atoms with van der Waals surface area (Å²) in [5, 5.41) is 6.93. The number of aromatic nitrogens is 2. The van der Waals surface area contributed by atoms with Crippen molar-refractivity contribution < 1.29 is 13.2 Å². The third kappa shape index (κ3) is 6.60. The third-order valence-electron chi connectivity index (χ3n) is 3.46. The molecule has 1 aromatic heterocycles. The van der Waals surface area contributed by atoms with Crippen molar-refractivity contribution in [2.24, 2.45) is 5.92 Å². The van der Waals surface area contributed by atoms with Gasteiger partial charge < -0.3 is 5.32 Å². The smallest absolute Gasteiger partial charge is 0.240 e. The van der Waals surface area contributed by atoms with Crippen molar-refractivity contribution in [1.82, 2.24) is 19.8 Å². The van der Waals surface area contributed by atoms with E-state index in [0.717, 1.165) is 0 Å². The third-order valence-corrected chi connectivity index (χ3v) is 5.41. The van der Waals surface area contributed by atoms with E-state index in [4.69, 9.17) is 0 Å². The van der Waals surface area contributed by atoms with Crippen molar-refractivity contribution in [2.75, 3.05) is 13.1 Å². The van der Waals surface area contributed by atoms with Crippen molar-refractivity contribution in [3.8, 4) is 0 Å².